The van der Waals surface area contributed by atoms with Gasteiger partial charge in [-0.1, -0.05) is 6.92 Å². The Hall–Kier alpha value is -2.13. The number of nitriles is 1. The molecular weight excluding hydrogens is 294 g/mol. The van der Waals surface area contributed by atoms with Crippen LogP contribution in [0.1, 0.15) is 30.9 Å². The summed E-state index contributed by atoms with van der Waals surface area (Å²) in [6, 6.07) is 5.98. The van der Waals surface area contributed by atoms with Gasteiger partial charge in [-0.2, -0.15) is 5.26 Å². The lowest BCUT2D eigenvalue weighted by atomic mass is 9.71. The topological polar surface area (TPSA) is 79.4 Å². The molecule has 6 heteroatoms. The maximum atomic E-state index is 11.5. The molecule has 0 radical (unpaired) electrons. The number of fused-ring (bicyclic) bond motifs is 1. The Balaban J connectivity index is 1.98. The molecule has 0 saturated carbocycles. The standard InChI is InChI=1S/C17H21N3O3/c1-17(4-5-18)3-2-13-10-15(19-6-8-23-9-7-19)16(20(21)22)11-14(13)12-17/h10-11H,2-4,6-9,12H2,1H3. The molecule has 3 rings (SSSR count). The van der Waals surface area contributed by atoms with Crippen LogP contribution in [0.25, 0.3) is 0 Å². The van der Waals surface area contributed by atoms with E-state index in [1.54, 1.807) is 6.07 Å². The molecule has 1 aromatic carbocycles. The number of aryl methyl sites for hydroxylation is 1. The van der Waals surface area contributed by atoms with Crippen molar-refractivity contribution in [1.82, 2.24) is 0 Å². The van der Waals surface area contributed by atoms with Gasteiger partial charge in [0, 0.05) is 25.6 Å². The van der Waals surface area contributed by atoms with Crippen LogP contribution in [0.15, 0.2) is 12.1 Å². The van der Waals surface area contributed by atoms with E-state index in [9.17, 15) is 10.1 Å². The summed E-state index contributed by atoms with van der Waals surface area (Å²) in [7, 11) is 0. The Kier molecular flexibility index (Phi) is 4.22. The molecule has 2 aliphatic rings. The molecule has 0 aromatic heterocycles. The van der Waals surface area contributed by atoms with Crippen molar-refractivity contribution in [3.8, 4) is 6.07 Å². The zero-order valence-corrected chi connectivity index (χ0v) is 13.4. The summed E-state index contributed by atoms with van der Waals surface area (Å²) in [5.74, 6) is 0. The van der Waals surface area contributed by atoms with Crippen LogP contribution in [0.3, 0.4) is 0 Å². The van der Waals surface area contributed by atoms with E-state index in [-0.39, 0.29) is 16.0 Å². The first kappa shape index (κ1) is 15.8. The average molecular weight is 315 g/mol. The second kappa shape index (κ2) is 6.17. The van der Waals surface area contributed by atoms with Crippen molar-refractivity contribution in [3.05, 3.63) is 33.4 Å². The first-order valence-electron chi connectivity index (χ1n) is 8.02. The van der Waals surface area contributed by atoms with Crippen molar-refractivity contribution >= 4 is 11.4 Å². The molecule has 1 heterocycles. The molecule has 1 fully saturated rings. The second-order valence-electron chi connectivity index (χ2n) is 6.79. The summed E-state index contributed by atoms with van der Waals surface area (Å²) >= 11 is 0. The highest BCUT2D eigenvalue weighted by Gasteiger charge is 2.33. The van der Waals surface area contributed by atoms with E-state index < -0.39 is 0 Å². The van der Waals surface area contributed by atoms with Crippen LogP contribution in [0.5, 0.6) is 0 Å². The average Bonchev–Trinajstić information content (AvgIpc) is 2.54. The third kappa shape index (κ3) is 3.15. The van der Waals surface area contributed by atoms with E-state index in [4.69, 9.17) is 10.00 Å². The van der Waals surface area contributed by atoms with Gasteiger partial charge in [0.2, 0.25) is 0 Å². The van der Waals surface area contributed by atoms with E-state index >= 15 is 0 Å². The maximum Gasteiger partial charge on any atom is 0.292 e. The molecule has 0 amide bonds. The number of nitrogens with zero attached hydrogens (tertiary/aromatic N) is 3. The van der Waals surface area contributed by atoms with E-state index in [0.717, 1.165) is 24.8 Å². The van der Waals surface area contributed by atoms with E-state index in [2.05, 4.69) is 13.0 Å². The summed E-state index contributed by atoms with van der Waals surface area (Å²) in [5.41, 5.74) is 3.02. The number of rotatable bonds is 3. The summed E-state index contributed by atoms with van der Waals surface area (Å²) < 4.78 is 5.35. The minimum atomic E-state index is -0.290. The molecule has 1 aliphatic heterocycles. The zero-order valence-electron chi connectivity index (χ0n) is 13.4. The molecule has 1 atom stereocenters. The van der Waals surface area contributed by atoms with Gasteiger partial charge in [-0.3, -0.25) is 10.1 Å². The van der Waals surface area contributed by atoms with Crippen molar-refractivity contribution in [2.45, 2.75) is 32.6 Å². The lowest BCUT2D eigenvalue weighted by Crippen LogP contribution is -2.37. The van der Waals surface area contributed by atoms with Gasteiger partial charge in [0.25, 0.3) is 5.69 Å². The van der Waals surface area contributed by atoms with Crippen LogP contribution in [0.4, 0.5) is 11.4 Å². The smallest absolute Gasteiger partial charge is 0.292 e. The summed E-state index contributed by atoms with van der Waals surface area (Å²) in [4.78, 5) is 13.3. The van der Waals surface area contributed by atoms with Crippen LogP contribution in [-0.4, -0.2) is 31.2 Å². The molecule has 23 heavy (non-hydrogen) atoms. The monoisotopic (exact) mass is 315 g/mol. The SMILES string of the molecule is CC1(CC#N)CCc2cc(N3CCOCC3)c([N+](=O)[O-])cc2C1. The highest BCUT2D eigenvalue weighted by atomic mass is 16.6. The van der Waals surface area contributed by atoms with Gasteiger partial charge >= 0.3 is 0 Å². The molecule has 0 N–H and O–H groups in total. The molecule has 0 bridgehead atoms. The van der Waals surface area contributed by atoms with Crippen molar-refractivity contribution in [2.24, 2.45) is 5.41 Å². The van der Waals surface area contributed by atoms with E-state index in [1.807, 2.05) is 11.0 Å². The highest BCUT2D eigenvalue weighted by Crippen LogP contribution is 2.42. The van der Waals surface area contributed by atoms with Gasteiger partial charge in [-0.15, -0.1) is 0 Å². The molecule has 6 nitrogen and oxygen atoms in total. The van der Waals surface area contributed by atoms with E-state index in [1.165, 1.54) is 5.56 Å². The van der Waals surface area contributed by atoms with Gasteiger partial charge in [-0.05, 0) is 41.9 Å². The van der Waals surface area contributed by atoms with Crippen molar-refractivity contribution in [2.75, 3.05) is 31.2 Å². The first-order chi connectivity index (χ1) is 11.0. The molecule has 122 valence electrons. The number of nitro groups is 1. The molecule has 1 saturated heterocycles. The molecule has 1 aromatic rings. The fourth-order valence-corrected chi connectivity index (χ4v) is 3.59. The van der Waals surface area contributed by atoms with Gasteiger partial charge < -0.3 is 9.64 Å². The number of benzene rings is 1. The minimum absolute atomic E-state index is 0.0733. The summed E-state index contributed by atoms with van der Waals surface area (Å²) in [6.45, 7) is 4.68. The molecular formula is C17H21N3O3. The predicted molar refractivity (Wildman–Crippen MR) is 86.5 cm³/mol. The van der Waals surface area contributed by atoms with Crippen LogP contribution >= 0.6 is 0 Å². The van der Waals surface area contributed by atoms with Crippen LogP contribution in [0.2, 0.25) is 0 Å². The molecule has 1 aliphatic carbocycles. The highest BCUT2D eigenvalue weighted by molar-refractivity contribution is 5.67. The molecule has 0 spiro atoms. The number of morpholine rings is 1. The second-order valence-corrected chi connectivity index (χ2v) is 6.79. The fourth-order valence-electron chi connectivity index (χ4n) is 3.59. The largest absolute Gasteiger partial charge is 0.378 e. The number of hydrogen-bond acceptors (Lipinski definition) is 5. The minimum Gasteiger partial charge on any atom is -0.378 e. The van der Waals surface area contributed by atoms with Gasteiger partial charge in [0.15, 0.2) is 0 Å². The van der Waals surface area contributed by atoms with Gasteiger partial charge in [-0.25, -0.2) is 0 Å². The normalized spacial score (nSPS) is 23.9. The van der Waals surface area contributed by atoms with Crippen LogP contribution in [0, 0.1) is 26.9 Å². The maximum absolute atomic E-state index is 11.5. The number of ether oxygens (including phenoxy) is 1. The Morgan fingerprint density at radius 1 is 1.39 bits per heavy atom. The Bertz CT molecular complexity index is 662. The quantitative estimate of drug-likeness (QED) is 0.633. The third-order valence-electron chi connectivity index (χ3n) is 4.97. The fraction of sp³-hybridized carbons (Fsp3) is 0.588. The Morgan fingerprint density at radius 2 is 2.13 bits per heavy atom. The summed E-state index contributed by atoms with van der Waals surface area (Å²) in [5, 5.41) is 20.5. The van der Waals surface area contributed by atoms with Crippen molar-refractivity contribution < 1.29 is 9.66 Å². The lowest BCUT2D eigenvalue weighted by molar-refractivity contribution is -0.384. The van der Waals surface area contributed by atoms with Gasteiger partial charge in [0.05, 0.1) is 24.2 Å². The Morgan fingerprint density at radius 3 is 2.78 bits per heavy atom. The zero-order chi connectivity index (χ0) is 16.4. The lowest BCUT2D eigenvalue weighted by Gasteiger charge is -2.34. The van der Waals surface area contributed by atoms with Crippen LogP contribution < -0.4 is 4.90 Å². The predicted octanol–water partition coefficient (Wildman–Crippen LogP) is 2.84. The number of nitro benzene ring substituents is 1. The van der Waals surface area contributed by atoms with Gasteiger partial charge in [0.1, 0.15) is 5.69 Å². The Labute approximate surface area is 135 Å². The van der Waals surface area contributed by atoms with Crippen molar-refractivity contribution in [1.29, 1.82) is 5.26 Å². The number of hydrogen-bond donors (Lipinski definition) is 0. The third-order valence-corrected chi connectivity index (χ3v) is 4.97. The number of anilines is 1. The van der Waals surface area contributed by atoms with E-state index in [0.29, 0.717) is 38.4 Å². The van der Waals surface area contributed by atoms with Crippen LogP contribution in [-0.2, 0) is 17.6 Å². The summed E-state index contributed by atoms with van der Waals surface area (Å²) in [6.07, 6.45) is 3.06. The molecule has 1 unspecified atom stereocenters. The first-order valence-corrected chi connectivity index (χ1v) is 8.02. The van der Waals surface area contributed by atoms with Crippen molar-refractivity contribution in [3.63, 3.8) is 0 Å².